The first-order valence-electron chi connectivity index (χ1n) is 6.18. The summed E-state index contributed by atoms with van der Waals surface area (Å²) in [7, 11) is 0. The fourth-order valence-electron chi connectivity index (χ4n) is 2.32. The largest absolute Gasteiger partial charge is 0.310 e. The number of rotatable bonds is 4. The Morgan fingerprint density at radius 2 is 2.18 bits per heavy atom. The van der Waals surface area contributed by atoms with Gasteiger partial charge in [-0.25, -0.2) is 4.39 Å². The van der Waals surface area contributed by atoms with Crippen molar-refractivity contribution in [3.8, 4) is 0 Å². The SMILES string of the molecule is CC(NCC1(C)CCC1)c1ccc(F)cc1Cl. The second-order valence-electron chi connectivity index (χ2n) is 5.43. The second kappa shape index (κ2) is 4.95. The van der Waals surface area contributed by atoms with Crippen molar-refractivity contribution in [1.29, 1.82) is 0 Å². The van der Waals surface area contributed by atoms with Crippen LogP contribution < -0.4 is 5.32 Å². The number of benzene rings is 1. The zero-order valence-electron chi connectivity index (χ0n) is 10.4. The van der Waals surface area contributed by atoms with Gasteiger partial charge in [0.2, 0.25) is 0 Å². The van der Waals surface area contributed by atoms with E-state index < -0.39 is 0 Å². The summed E-state index contributed by atoms with van der Waals surface area (Å²) >= 11 is 6.04. The van der Waals surface area contributed by atoms with Crippen molar-refractivity contribution in [3.63, 3.8) is 0 Å². The number of hydrogen-bond donors (Lipinski definition) is 1. The molecule has 1 atom stereocenters. The lowest BCUT2D eigenvalue weighted by Gasteiger charge is -2.39. The molecule has 1 fully saturated rings. The summed E-state index contributed by atoms with van der Waals surface area (Å²) in [6.45, 7) is 5.38. The molecule has 0 bridgehead atoms. The Morgan fingerprint density at radius 3 is 2.71 bits per heavy atom. The van der Waals surface area contributed by atoms with Gasteiger partial charge >= 0.3 is 0 Å². The molecule has 0 aromatic heterocycles. The van der Waals surface area contributed by atoms with E-state index in [-0.39, 0.29) is 11.9 Å². The van der Waals surface area contributed by atoms with Crippen LogP contribution in [0.5, 0.6) is 0 Å². The molecule has 0 heterocycles. The Labute approximate surface area is 107 Å². The summed E-state index contributed by atoms with van der Waals surface area (Å²) in [5.41, 5.74) is 1.41. The second-order valence-corrected chi connectivity index (χ2v) is 5.84. The van der Waals surface area contributed by atoms with E-state index in [1.54, 1.807) is 6.07 Å². The lowest BCUT2D eigenvalue weighted by atomic mass is 9.70. The highest BCUT2D eigenvalue weighted by atomic mass is 35.5. The number of halogens is 2. The molecule has 0 spiro atoms. The van der Waals surface area contributed by atoms with Crippen molar-refractivity contribution in [2.24, 2.45) is 5.41 Å². The molecule has 1 nitrogen and oxygen atoms in total. The Kier molecular flexibility index (Phi) is 3.74. The van der Waals surface area contributed by atoms with E-state index in [0.717, 1.165) is 12.1 Å². The number of hydrogen-bond acceptors (Lipinski definition) is 1. The van der Waals surface area contributed by atoms with Gasteiger partial charge in [0.1, 0.15) is 5.82 Å². The molecule has 94 valence electrons. The summed E-state index contributed by atoms with van der Waals surface area (Å²) in [5, 5.41) is 4.00. The molecule has 0 amide bonds. The summed E-state index contributed by atoms with van der Waals surface area (Å²) < 4.78 is 12.9. The Hall–Kier alpha value is -0.600. The van der Waals surface area contributed by atoms with Crippen molar-refractivity contribution in [3.05, 3.63) is 34.6 Å². The van der Waals surface area contributed by atoms with Crippen molar-refractivity contribution in [1.82, 2.24) is 5.32 Å². The van der Waals surface area contributed by atoms with Gasteiger partial charge < -0.3 is 5.32 Å². The van der Waals surface area contributed by atoms with E-state index >= 15 is 0 Å². The molecule has 0 aliphatic heterocycles. The lowest BCUT2D eigenvalue weighted by molar-refractivity contribution is 0.152. The van der Waals surface area contributed by atoms with E-state index in [4.69, 9.17) is 11.6 Å². The van der Waals surface area contributed by atoms with Gasteiger partial charge in [-0.15, -0.1) is 0 Å². The smallest absolute Gasteiger partial charge is 0.124 e. The van der Waals surface area contributed by atoms with Crippen LogP contribution in [-0.2, 0) is 0 Å². The van der Waals surface area contributed by atoms with E-state index in [2.05, 4.69) is 19.2 Å². The Balaban J connectivity index is 1.96. The fraction of sp³-hybridized carbons (Fsp3) is 0.571. The molecule has 0 saturated heterocycles. The maximum atomic E-state index is 12.9. The van der Waals surface area contributed by atoms with Crippen LogP contribution in [0, 0.1) is 11.2 Å². The molecule has 1 unspecified atom stereocenters. The average molecular weight is 256 g/mol. The molecule has 0 radical (unpaired) electrons. The van der Waals surface area contributed by atoms with Crippen LogP contribution in [0.15, 0.2) is 18.2 Å². The lowest BCUT2D eigenvalue weighted by Crippen LogP contribution is -2.38. The van der Waals surface area contributed by atoms with E-state index in [0.29, 0.717) is 10.4 Å². The maximum Gasteiger partial charge on any atom is 0.124 e. The fourth-order valence-corrected chi connectivity index (χ4v) is 2.65. The molecule has 1 aromatic carbocycles. The monoisotopic (exact) mass is 255 g/mol. The van der Waals surface area contributed by atoms with Gasteiger partial charge in [0.15, 0.2) is 0 Å². The average Bonchev–Trinajstić information content (AvgIpc) is 2.23. The van der Waals surface area contributed by atoms with Crippen molar-refractivity contribution in [2.75, 3.05) is 6.54 Å². The van der Waals surface area contributed by atoms with Crippen LogP contribution in [0.1, 0.15) is 44.7 Å². The molecule has 3 heteroatoms. The van der Waals surface area contributed by atoms with Crippen LogP contribution in [0.25, 0.3) is 0 Å². The van der Waals surface area contributed by atoms with Gasteiger partial charge in [0.25, 0.3) is 0 Å². The minimum atomic E-state index is -0.281. The standard InChI is InChI=1S/C14H19ClFN/c1-10(17-9-14(2)6-3-7-14)12-5-4-11(16)8-13(12)15/h4-5,8,10,17H,3,6-7,9H2,1-2H3. The quantitative estimate of drug-likeness (QED) is 0.845. The molecular formula is C14H19ClFN. The summed E-state index contributed by atoms with van der Waals surface area (Å²) in [6, 6.07) is 4.77. The highest BCUT2D eigenvalue weighted by Gasteiger charge is 2.31. The molecule has 1 aromatic rings. The van der Waals surface area contributed by atoms with Crippen LogP contribution in [0.3, 0.4) is 0 Å². The molecule has 17 heavy (non-hydrogen) atoms. The van der Waals surface area contributed by atoms with Crippen LogP contribution >= 0.6 is 11.6 Å². The van der Waals surface area contributed by atoms with Crippen molar-refractivity contribution < 1.29 is 4.39 Å². The maximum absolute atomic E-state index is 12.9. The minimum Gasteiger partial charge on any atom is -0.310 e. The van der Waals surface area contributed by atoms with Gasteiger partial charge in [-0.3, -0.25) is 0 Å². The Morgan fingerprint density at radius 1 is 1.47 bits per heavy atom. The Bertz CT molecular complexity index is 401. The predicted octanol–water partition coefficient (Wildman–Crippen LogP) is 4.32. The molecular weight excluding hydrogens is 237 g/mol. The molecule has 1 aliphatic carbocycles. The third-order valence-corrected chi connectivity index (χ3v) is 4.15. The topological polar surface area (TPSA) is 12.0 Å². The summed E-state index contributed by atoms with van der Waals surface area (Å²) in [6.07, 6.45) is 3.93. The number of nitrogens with one attached hydrogen (secondary N) is 1. The van der Waals surface area contributed by atoms with E-state index in [1.807, 2.05) is 0 Å². The van der Waals surface area contributed by atoms with Gasteiger partial charge in [-0.05, 0) is 42.9 Å². The van der Waals surface area contributed by atoms with Gasteiger partial charge in [0, 0.05) is 17.6 Å². The zero-order chi connectivity index (χ0) is 12.5. The highest BCUT2D eigenvalue weighted by Crippen LogP contribution is 2.40. The van der Waals surface area contributed by atoms with Gasteiger partial charge in [-0.1, -0.05) is 31.0 Å². The third-order valence-electron chi connectivity index (χ3n) is 3.82. The molecule has 1 N–H and O–H groups in total. The zero-order valence-corrected chi connectivity index (χ0v) is 11.1. The van der Waals surface area contributed by atoms with Crippen LogP contribution in [0.2, 0.25) is 5.02 Å². The summed E-state index contributed by atoms with van der Waals surface area (Å²) in [4.78, 5) is 0. The van der Waals surface area contributed by atoms with E-state index in [1.165, 1.54) is 31.4 Å². The third kappa shape index (κ3) is 2.99. The van der Waals surface area contributed by atoms with E-state index in [9.17, 15) is 4.39 Å². The van der Waals surface area contributed by atoms with Crippen molar-refractivity contribution in [2.45, 2.75) is 39.2 Å². The van der Waals surface area contributed by atoms with Crippen LogP contribution in [-0.4, -0.2) is 6.54 Å². The molecule has 2 rings (SSSR count). The molecule has 1 aliphatic rings. The normalized spacial score (nSPS) is 19.8. The molecule has 1 saturated carbocycles. The summed E-state index contributed by atoms with van der Waals surface area (Å²) in [5.74, 6) is -0.281. The first kappa shape index (κ1) is 12.8. The predicted molar refractivity (Wildman–Crippen MR) is 69.8 cm³/mol. The van der Waals surface area contributed by atoms with Gasteiger partial charge in [0.05, 0.1) is 0 Å². The first-order valence-corrected chi connectivity index (χ1v) is 6.56. The minimum absolute atomic E-state index is 0.167. The highest BCUT2D eigenvalue weighted by molar-refractivity contribution is 6.31. The van der Waals surface area contributed by atoms with Gasteiger partial charge in [-0.2, -0.15) is 0 Å². The van der Waals surface area contributed by atoms with Crippen molar-refractivity contribution >= 4 is 11.6 Å². The first-order chi connectivity index (χ1) is 8.00. The van der Waals surface area contributed by atoms with Crippen LogP contribution in [0.4, 0.5) is 4.39 Å².